The molecular formula is C10H12ClNO2. The molecule has 1 heterocycles. The molecule has 0 saturated carbocycles. The van der Waals surface area contributed by atoms with E-state index < -0.39 is 0 Å². The highest BCUT2D eigenvalue weighted by atomic mass is 35.5. The van der Waals surface area contributed by atoms with E-state index in [4.69, 9.17) is 22.1 Å². The number of aromatic hydroxyl groups is 1. The van der Waals surface area contributed by atoms with Crippen molar-refractivity contribution in [2.24, 2.45) is 5.73 Å². The molecule has 0 spiro atoms. The third-order valence-electron chi connectivity index (χ3n) is 2.39. The Bertz CT molecular complexity index is 366. The summed E-state index contributed by atoms with van der Waals surface area (Å²) in [5.41, 5.74) is 7.10. The molecule has 0 atom stereocenters. The lowest BCUT2D eigenvalue weighted by Crippen LogP contribution is -2.03. The fraction of sp³-hybridized carbons (Fsp3) is 0.400. The van der Waals surface area contributed by atoms with Crippen LogP contribution in [0.1, 0.15) is 11.1 Å². The van der Waals surface area contributed by atoms with E-state index in [1.54, 1.807) is 6.07 Å². The van der Waals surface area contributed by atoms with Gasteiger partial charge >= 0.3 is 0 Å². The molecule has 3 nitrogen and oxygen atoms in total. The highest BCUT2D eigenvalue weighted by Gasteiger charge is 2.22. The van der Waals surface area contributed by atoms with Crippen molar-refractivity contribution in [1.82, 2.24) is 0 Å². The average molecular weight is 214 g/mol. The van der Waals surface area contributed by atoms with Gasteiger partial charge in [-0.1, -0.05) is 11.6 Å². The minimum Gasteiger partial charge on any atom is -0.504 e. The number of halogens is 1. The molecule has 0 bridgehead atoms. The highest BCUT2D eigenvalue weighted by molar-refractivity contribution is 6.31. The quantitative estimate of drug-likeness (QED) is 0.783. The van der Waals surface area contributed by atoms with E-state index in [1.807, 2.05) is 0 Å². The zero-order valence-electron chi connectivity index (χ0n) is 7.72. The summed E-state index contributed by atoms with van der Waals surface area (Å²) in [5.74, 6) is 0.744. The maximum Gasteiger partial charge on any atom is 0.166 e. The molecule has 0 saturated heterocycles. The fourth-order valence-corrected chi connectivity index (χ4v) is 2.01. The van der Waals surface area contributed by atoms with Crippen LogP contribution in [0.15, 0.2) is 6.07 Å². The van der Waals surface area contributed by atoms with Crippen molar-refractivity contribution < 1.29 is 9.84 Å². The number of ether oxygens (including phenoxy) is 1. The minimum atomic E-state index is 0.201. The Morgan fingerprint density at radius 1 is 1.57 bits per heavy atom. The van der Waals surface area contributed by atoms with Crippen LogP contribution < -0.4 is 10.5 Å². The van der Waals surface area contributed by atoms with Crippen LogP contribution in [0.5, 0.6) is 11.5 Å². The van der Waals surface area contributed by atoms with Gasteiger partial charge < -0.3 is 15.6 Å². The van der Waals surface area contributed by atoms with Gasteiger partial charge in [0.2, 0.25) is 0 Å². The molecule has 4 heteroatoms. The number of phenolic OH excluding ortho intramolecular Hbond substituents is 1. The number of fused-ring (bicyclic) bond motifs is 1. The lowest BCUT2D eigenvalue weighted by atomic mass is 10.1. The molecule has 3 N–H and O–H groups in total. The Morgan fingerprint density at radius 2 is 2.36 bits per heavy atom. The monoisotopic (exact) mass is 213 g/mol. The molecule has 0 fully saturated rings. The highest BCUT2D eigenvalue weighted by Crippen LogP contribution is 2.41. The van der Waals surface area contributed by atoms with Gasteiger partial charge in [-0.3, -0.25) is 0 Å². The minimum absolute atomic E-state index is 0.201. The van der Waals surface area contributed by atoms with Crippen molar-refractivity contribution in [3.8, 4) is 11.5 Å². The molecule has 0 amide bonds. The van der Waals surface area contributed by atoms with Gasteiger partial charge in [-0.2, -0.15) is 0 Å². The first kappa shape index (κ1) is 9.62. The first-order chi connectivity index (χ1) is 6.74. The van der Waals surface area contributed by atoms with Gasteiger partial charge in [0.15, 0.2) is 11.5 Å². The van der Waals surface area contributed by atoms with Crippen LogP contribution in [0.3, 0.4) is 0 Å². The molecule has 1 aromatic rings. The Balaban J connectivity index is 2.50. The summed E-state index contributed by atoms with van der Waals surface area (Å²) in [7, 11) is 0. The second-order valence-electron chi connectivity index (χ2n) is 3.31. The molecule has 1 aliphatic heterocycles. The summed E-state index contributed by atoms with van der Waals surface area (Å²) in [6, 6.07) is 1.78. The van der Waals surface area contributed by atoms with Crippen LogP contribution in [0.4, 0.5) is 0 Å². The van der Waals surface area contributed by atoms with Gasteiger partial charge in [-0.05, 0) is 19.0 Å². The van der Waals surface area contributed by atoms with Crippen molar-refractivity contribution in [2.45, 2.75) is 12.8 Å². The molecular weight excluding hydrogens is 202 g/mol. The lowest BCUT2D eigenvalue weighted by Gasteiger charge is -2.09. The summed E-state index contributed by atoms with van der Waals surface area (Å²) < 4.78 is 5.32. The Kier molecular flexibility index (Phi) is 2.52. The van der Waals surface area contributed by atoms with Gasteiger partial charge in [-0.15, -0.1) is 0 Å². The first-order valence-corrected chi connectivity index (χ1v) is 4.98. The van der Waals surface area contributed by atoms with E-state index in [9.17, 15) is 5.11 Å². The summed E-state index contributed by atoms with van der Waals surface area (Å²) in [5, 5.41) is 10.5. The van der Waals surface area contributed by atoms with E-state index >= 15 is 0 Å². The van der Waals surface area contributed by atoms with Crippen LogP contribution in [-0.2, 0) is 12.8 Å². The molecule has 0 radical (unpaired) electrons. The predicted octanol–water partition coefficient (Wildman–Crippen LogP) is 1.48. The van der Waals surface area contributed by atoms with Crippen molar-refractivity contribution in [2.75, 3.05) is 13.2 Å². The number of benzene rings is 1. The lowest BCUT2D eigenvalue weighted by molar-refractivity contribution is 0.333. The standard InChI is InChI=1S/C10H12ClNO2/c11-8-5-6(1-3-12)9(13)10-7(8)2-4-14-10/h5,13H,1-4,12H2. The van der Waals surface area contributed by atoms with E-state index in [1.165, 1.54) is 0 Å². The van der Waals surface area contributed by atoms with Crippen LogP contribution in [0, 0.1) is 0 Å². The van der Waals surface area contributed by atoms with E-state index in [0.717, 1.165) is 17.5 Å². The SMILES string of the molecule is NCCc1cc(Cl)c2c(c1O)OCC2. The zero-order chi connectivity index (χ0) is 10.1. The van der Waals surface area contributed by atoms with Crippen LogP contribution in [0.2, 0.25) is 5.02 Å². The summed E-state index contributed by atoms with van der Waals surface area (Å²) in [6.45, 7) is 1.08. The average Bonchev–Trinajstić information content (AvgIpc) is 2.63. The molecule has 0 aliphatic carbocycles. The third kappa shape index (κ3) is 1.42. The predicted molar refractivity (Wildman–Crippen MR) is 55.1 cm³/mol. The van der Waals surface area contributed by atoms with E-state index in [-0.39, 0.29) is 5.75 Å². The van der Waals surface area contributed by atoms with E-state index in [0.29, 0.717) is 30.3 Å². The van der Waals surface area contributed by atoms with Gasteiger partial charge in [0, 0.05) is 22.6 Å². The van der Waals surface area contributed by atoms with Gasteiger partial charge in [0.25, 0.3) is 0 Å². The molecule has 0 aromatic heterocycles. The smallest absolute Gasteiger partial charge is 0.166 e. The second kappa shape index (κ2) is 3.67. The Hall–Kier alpha value is -0.930. The maximum atomic E-state index is 9.83. The van der Waals surface area contributed by atoms with Crippen molar-refractivity contribution in [3.63, 3.8) is 0 Å². The maximum absolute atomic E-state index is 9.83. The number of nitrogens with two attached hydrogens (primary N) is 1. The summed E-state index contributed by atoms with van der Waals surface area (Å²) >= 11 is 6.05. The zero-order valence-corrected chi connectivity index (χ0v) is 8.47. The van der Waals surface area contributed by atoms with Crippen LogP contribution in [0.25, 0.3) is 0 Å². The van der Waals surface area contributed by atoms with Gasteiger partial charge in [-0.25, -0.2) is 0 Å². The van der Waals surface area contributed by atoms with Crippen molar-refractivity contribution in [3.05, 3.63) is 22.2 Å². The van der Waals surface area contributed by atoms with Crippen LogP contribution in [-0.4, -0.2) is 18.3 Å². The Morgan fingerprint density at radius 3 is 3.07 bits per heavy atom. The van der Waals surface area contributed by atoms with Crippen LogP contribution >= 0.6 is 11.6 Å². The topological polar surface area (TPSA) is 55.5 Å². The van der Waals surface area contributed by atoms with Crippen molar-refractivity contribution >= 4 is 11.6 Å². The number of rotatable bonds is 2. The number of hydrogen-bond donors (Lipinski definition) is 2. The summed E-state index contributed by atoms with van der Waals surface area (Å²) in [6.07, 6.45) is 1.38. The molecule has 1 aromatic carbocycles. The van der Waals surface area contributed by atoms with Crippen molar-refractivity contribution in [1.29, 1.82) is 0 Å². The molecule has 14 heavy (non-hydrogen) atoms. The molecule has 76 valence electrons. The van der Waals surface area contributed by atoms with E-state index in [2.05, 4.69) is 0 Å². The second-order valence-corrected chi connectivity index (χ2v) is 3.72. The number of phenols is 1. The fourth-order valence-electron chi connectivity index (χ4n) is 1.70. The number of hydrogen-bond acceptors (Lipinski definition) is 3. The normalized spacial score (nSPS) is 13.9. The molecule has 2 rings (SSSR count). The first-order valence-electron chi connectivity index (χ1n) is 4.60. The molecule has 1 aliphatic rings. The third-order valence-corrected chi connectivity index (χ3v) is 2.73. The summed E-state index contributed by atoms with van der Waals surface area (Å²) in [4.78, 5) is 0. The largest absolute Gasteiger partial charge is 0.504 e. The van der Waals surface area contributed by atoms with Gasteiger partial charge in [0.1, 0.15) is 0 Å². The Labute approximate surface area is 87.4 Å². The molecule has 0 unspecified atom stereocenters. The van der Waals surface area contributed by atoms with Gasteiger partial charge in [0.05, 0.1) is 6.61 Å².